The van der Waals surface area contributed by atoms with E-state index in [1.54, 1.807) is 30.3 Å². The van der Waals surface area contributed by atoms with Gasteiger partial charge in [0.25, 0.3) is 0 Å². The molecule has 0 saturated heterocycles. The van der Waals surface area contributed by atoms with Gasteiger partial charge in [0.2, 0.25) is 0 Å². The smallest absolute Gasteiger partial charge is 0.490 e. The van der Waals surface area contributed by atoms with Crippen molar-refractivity contribution in [3.05, 3.63) is 58.6 Å². The summed E-state index contributed by atoms with van der Waals surface area (Å²) in [6, 6.07) is 14.4. The lowest BCUT2D eigenvalue weighted by Crippen LogP contribution is -2.20. The Hall–Kier alpha value is -2.07. The van der Waals surface area contributed by atoms with Crippen LogP contribution in [0.15, 0.2) is 42.5 Å². The van der Waals surface area contributed by atoms with E-state index in [1.165, 1.54) is 103 Å². The average Bonchev–Trinajstić information content (AvgIpc) is 3.08. The predicted molar refractivity (Wildman–Crippen MR) is 197 cm³/mol. The number of unbranched alkanes of at least 4 members (excludes halogenated alkanes) is 16. The molecule has 9 heteroatoms. The Morgan fingerprint density at radius 3 is 1.88 bits per heavy atom. The maximum absolute atomic E-state index is 13.3. The topological polar surface area (TPSA) is 87.0 Å². The standard InChI is InChI=1S/C39H61ClNO6P/c1-5-6-7-8-9-10-11-12-13-14-15-16-17-18-19-20-21-24-36(32-45-48(42,43-4)47-38-26-23-22-25-37(38)40)44-31-34-27-28-35(30-41)39(29-34)46-33(2)3/h22-23,25-29,33,36H,5-21,24,31-32H2,1-4H3/t36-,48?/m1/s1. The normalized spacial score (nSPS) is 13.3. The van der Waals surface area contributed by atoms with E-state index in [2.05, 4.69) is 13.0 Å². The van der Waals surface area contributed by atoms with Crippen LogP contribution in [0.5, 0.6) is 11.5 Å². The summed E-state index contributed by atoms with van der Waals surface area (Å²) in [5, 5.41) is 9.79. The van der Waals surface area contributed by atoms with Crippen LogP contribution in [0.1, 0.15) is 147 Å². The molecule has 0 saturated carbocycles. The van der Waals surface area contributed by atoms with Gasteiger partial charge in [-0.3, -0.25) is 9.05 Å². The van der Waals surface area contributed by atoms with Gasteiger partial charge >= 0.3 is 7.82 Å². The molecule has 2 rings (SSSR count). The van der Waals surface area contributed by atoms with Crippen molar-refractivity contribution >= 4 is 19.4 Å². The molecule has 1 unspecified atom stereocenters. The quantitative estimate of drug-likeness (QED) is 0.0615. The van der Waals surface area contributed by atoms with Gasteiger partial charge in [0.05, 0.1) is 36.0 Å². The van der Waals surface area contributed by atoms with Crippen LogP contribution in [-0.4, -0.2) is 25.9 Å². The second kappa shape index (κ2) is 25.8. The van der Waals surface area contributed by atoms with E-state index >= 15 is 0 Å². The molecule has 48 heavy (non-hydrogen) atoms. The Labute approximate surface area is 296 Å². The molecule has 0 amide bonds. The second-order valence-electron chi connectivity index (χ2n) is 12.9. The van der Waals surface area contributed by atoms with Gasteiger partial charge in [0.1, 0.15) is 17.6 Å². The van der Waals surface area contributed by atoms with Crippen LogP contribution < -0.4 is 9.26 Å². The summed E-state index contributed by atoms with van der Waals surface area (Å²) < 4.78 is 41.9. The van der Waals surface area contributed by atoms with Gasteiger partial charge in [-0.25, -0.2) is 4.57 Å². The summed E-state index contributed by atoms with van der Waals surface area (Å²) >= 11 is 6.21. The monoisotopic (exact) mass is 705 g/mol. The number of nitrogens with zero attached hydrogens (tertiary/aromatic N) is 1. The number of para-hydroxylation sites is 1. The third-order valence-corrected chi connectivity index (χ3v) is 9.98. The highest BCUT2D eigenvalue weighted by molar-refractivity contribution is 7.48. The molecule has 0 aliphatic carbocycles. The summed E-state index contributed by atoms with van der Waals surface area (Å²) in [6.45, 7) is 6.44. The van der Waals surface area contributed by atoms with Crippen molar-refractivity contribution in [2.24, 2.45) is 0 Å². The summed E-state index contributed by atoms with van der Waals surface area (Å²) in [4.78, 5) is 0. The maximum Gasteiger partial charge on any atom is 0.529 e. The van der Waals surface area contributed by atoms with Gasteiger partial charge in [-0.15, -0.1) is 0 Å². The molecule has 0 fully saturated rings. The third-order valence-electron chi connectivity index (χ3n) is 8.33. The molecule has 0 spiro atoms. The molecule has 0 aliphatic heterocycles. The van der Waals surface area contributed by atoms with Gasteiger partial charge in [-0.2, -0.15) is 5.26 Å². The van der Waals surface area contributed by atoms with Crippen LogP contribution >= 0.6 is 19.4 Å². The molecule has 7 nitrogen and oxygen atoms in total. The zero-order valence-electron chi connectivity index (χ0n) is 30.1. The van der Waals surface area contributed by atoms with Crippen LogP contribution in [-0.2, 0) is 25.0 Å². The van der Waals surface area contributed by atoms with Crippen molar-refractivity contribution in [2.75, 3.05) is 13.7 Å². The predicted octanol–water partition coefficient (Wildman–Crippen LogP) is 12.8. The fourth-order valence-electron chi connectivity index (χ4n) is 5.56. The van der Waals surface area contributed by atoms with Gasteiger partial charge in [-0.1, -0.05) is 146 Å². The molecule has 0 N–H and O–H groups in total. The molecule has 2 aromatic carbocycles. The van der Waals surface area contributed by atoms with Crippen molar-refractivity contribution in [3.8, 4) is 17.6 Å². The van der Waals surface area contributed by atoms with Gasteiger partial charge in [0, 0.05) is 7.11 Å². The van der Waals surface area contributed by atoms with E-state index in [0.29, 0.717) is 16.3 Å². The number of phosphoric acid groups is 1. The number of hydrogen-bond donors (Lipinski definition) is 0. The number of ether oxygens (including phenoxy) is 2. The van der Waals surface area contributed by atoms with Gasteiger partial charge < -0.3 is 14.0 Å². The zero-order chi connectivity index (χ0) is 34.9. The Bertz CT molecular complexity index is 1220. The molecule has 2 atom stereocenters. The Balaban J connectivity index is 1.78. The van der Waals surface area contributed by atoms with Crippen LogP contribution in [0.25, 0.3) is 0 Å². The minimum Gasteiger partial charge on any atom is -0.490 e. The second-order valence-corrected chi connectivity index (χ2v) is 15.0. The highest BCUT2D eigenvalue weighted by atomic mass is 35.5. The van der Waals surface area contributed by atoms with Gasteiger partial charge in [0.15, 0.2) is 0 Å². The summed E-state index contributed by atoms with van der Waals surface area (Å²) in [6.07, 6.45) is 22.7. The number of nitriles is 1. The largest absolute Gasteiger partial charge is 0.529 e. The number of rotatable bonds is 29. The number of phosphoric ester groups is 1. The van der Waals surface area contributed by atoms with Crippen molar-refractivity contribution in [2.45, 2.75) is 155 Å². The summed E-state index contributed by atoms with van der Waals surface area (Å²) in [5.41, 5.74) is 1.35. The van der Waals surface area contributed by atoms with Crippen molar-refractivity contribution in [1.82, 2.24) is 0 Å². The van der Waals surface area contributed by atoms with Gasteiger partial charge in [-0.05, 0) is 50.1 Å². The zero-order valence-corrected chi connectivity index (χ0v) is 31.7. The first-order chi connectivity index (χ1) is 23.3. The molecule has 0 heterocycles. The highest BCUT2D eigenvalue weighted by Crippen LogP contribution is 2.50. The van der Waals surface area contributed by atoms with Crippen LogP contribution in [0, 0.1) is 11.3 Å². The Kier molecular flexibility index (Phi) is 22.7. The number of halogens is 1. The van der Waals surface area contributed by atoms with Crippen LogP contribution in [0.2, 0.25) is 5.02 Å². The first kappa shape index (κ1) is 42.1. The van der Waals surface area contributed by atoms with E-state index in [1.807, 2.05) is 26.0 Å². The minimum absolute atomic E-state index is 0.0278. The fourth-order valence-corrected chi connectivity index (χ4v) is 6.77. The van der Waals surface area contributed by atoms with E-state index < -0.39 is 7.82 Å². The van der Waals surface area contributed by atoms with E-state index in [-0.39, 0.29) is 31.2 Å². The van der Waals surface area contributed by atoms with Crippen LogP contribution in [0.4, 0.5) is 0 Å². The van der Waals surface area contributed by atoms with E-state index in [4.69, 9.17) is 34.6 Å². The van der Waals surface area contributed by atoms with E-state index in [9.17, 15) is 9.83 Å². The average molecular weight is 706 g/mol. The SMILES string of the molecule is CCCCCCCCCCCCCCCCCCC[C@H](COP(=O)(OC)Oc1ccccc1Cl)OCc1ccc(C#N)c(OC(C)C)c1. The summed E-state index contributed by atoms with van der Waals surface area (Å²) in [5.74, 6) is 0.761. The van der Waals surface area contributed by atoms with E-state index in [0.717, 1.165) is 24.8 Å². The lowest BCUT2D eigenvalue weighted by Gasteiger charge is -2.22. The lowest BCUT2D eigenvalue weighted by atomic mass is 10.0. The first-order valence-corrected chi connectivity index (χ1v) is 20.2. The minimum atomic E-state index is -3.93. The molecule has 0 radical (unpaired) electrons. The third kappa shape index (κ3) is 18.6. The highest BCUT2D eigenvalue weighted by Gasteiger charge is 2.29. The molecular formula is C39H61ClNO6P. The fraction of sp³-hybridized carbons (Fsp3) is 0.667. The van der Waals surface area contributed by atoms with Crippen LogP contribution in [0.3, 0.4) is 0 Å². The molecule has 2 aromatic rings. The molecule has 0 bridgehead atoms. The maximum atomic E-state index is 13.3. The number of benzene rings is 2. The number of hydrogen-bond acceptors (Lipinski definition) is 7. The van der Waals surface area contributed by atoms with Crippen molar-refractivity contribution in [3.63, 3.8) is 0 Å². The van der Waals surface area contributed by atoms with Crippen molar-refractivity contribution in [1.29, 1.82) is 5.26 Å². The first-order valence-electron chi connectivity index (χ1n) is 18.4. The Morgan fingerprint density at radius 1 is 0.792 bits per heavy atom. The van der Waals surface area contributed by atoms with Crippen molar-refractivity contribution < 1.29 is 27.6 Å². The molecule has 0 aromatic heterocycles. The Morgan fingerprint density at radius 2 is 1.35 bits per heavy atom. The summed E-state index contributed by atoms with van der Waals surface area (Å²) in [7, 11) is -2.64. The lowest BCUT2D eigenvalue weighted by molar-refractivity contribution is -0.00442. The molecule has 270 valence electrons. The molecular weight excluding hydrogens is 645 g/mol. The molecule has 0 aliphatic rings.